The Hall–Kier alpha value is -4.44. The molecule has 4 aromatic rings. The van der Waals surface area contributed by atoms with Gasteiger partial charge in [-0.15, -0.1) is 0 Å². The zero-order valence-corrected chi connectivity index (χ0v) is 17.1. The van der Waals surface area contributed by atoms with E-state index in [1.807, 2.05) is 54.6 Å². The van der Waals surface area contributed by atoms with Gasteiger partial charge in [0.2, 0.25) is 0 Å². The van der Waals surface area contributed by atoms with Gasteiger partial charge in [0, 0.05) is 6.42 Å². The molecule has 1 atom stereocenters. The fraction of sp³-hybridized carbons (Fsp3) is 0.120. The van der Waals surface area contributed by atoms with Gasteiger partial charge in [0.15, 0.2) is 0 Å². The van der Waals surface area contributed by atoms with Gasteiger partial charge >= 0.3 is 6.03 Å². The number of rotatable bonds is 5. The zero-order valence-electron chi connectivity index (χ0n) is 17.1. The zero-order chi connectivity index (χ0) is 22.1. The maximum Gasteiger partial charge on any atom is 0.325 e. The van der Waals surface area contributed by atoms with Gasteiger partial charge in [-0.25, -0.2) is 14.7 Å². The molecule has 3 aromatic carbocycles. The largest absolute Gasteiger partial charge is 0.344 e. The van der Waals surface area contributed by atoms with Crippen LogP contribution in [0.4, 0.5) is 4.79 Å². The molecule has 7 heteroatoms. The number of nitrogens with one attached hydrogen (secondary N) is 2. The van der Waals surface area contributed by atoms with Crippen LogP contribution in [0.3, 0.4) is 0 Å². The molecule has 1 fully saturated rings. The Morgan fingerprint density at radius 1 is 1.03 bits per heavy atom. The predicted molar refractivity (Wildman–Crippen MR) is 119 cm³/mol. The van der Waals surface area contributed by atoms with Gasteiger partial charge in [-0.1, -0.05) is 54.6 Å². The number of amides is 3. The molecular weight excluding hydrogens is 402 g/mol. The van der Waals surface area contributed by atoms with E-state index in [1.165, 1.54) is 4.90 Å². The second-order valence-electron chi connectivity index (χ2n) is 7.66. The number of hydrogen-bond acceptors (Lipinski definition) is 4. The number of aromatic amines is 1. The van der Waals surface area contributed by atoms with E-state index in [-0.39, 0.29) is 12.5 Å². The summed E-state index contributed by atoms with van der Waals surface area (Å²) in [5.74, 6) is 0.429. The summed E-state index contributed by atoms with van der Waals surface area (Å²) in [4.78, 5) is 34.3. The highest BCUT2D eigenvalue weighted by molar-refractivity contribution is 6.03. The normalized spacial score (nSPS) is 14.4. The van der Waals surface area contributed by atoms with E-state index in [0.29, 0.717) is 23.5 Å². The SMILES string of the molecule is N#Cc1ccc(Cc2ncc(C(c3cccc4ccccc34)N3C(=O)CNC3=O)[nH]2)cc1. The lowest BCUT2D eigenvalue weighted by atomic mass is 9.96. The minimum absolute atomic E-state index is 0.0215. The van der Waals surface area contributed by atoms with E-state index < -0.39 is 12.1 Å². The summed E-state index contributed by atoms with van der Waals surface area (Å²) in [5, 5.41) is 13.6. The van der Waals surface area contributed by atoms with E-state index in [9.17, 15) is 9.59 Å². The number of fused-ring (bicyclic) bond motifs is 1. The first-order chi connectivity index (χ1) is 15.6. The molecule has 2 N–H and O–H groups in total. The van der Waals surface area contributed by atoms with Crippen LogP contribution in [-0.4, -0.2) is 33.4 Å². The van der Waals surface area contributed by atoms with Crippen LogP contribution in [0.5, 0.6) is 0 Å². The second kappa shape index (κ2) is 8.00. The smallest absolute Gasteiger partial charge is 0.325 e. The van der Waals surface area contributed by atoms with Crippen molar-refractivity contribution in [2.45, 2.75) is 12.5 Å². The van der Waals surface area contributed by atoms with Crippen molar-refractivity contribution >= 4 is 22.7 Å². The van der Waals surface area contributed by atoms with Crippen LogP contribution >= 0.6 is 0 Å². The number of benzene rings is 3. The number of H-pyrrole nitrogens is 1. The van der Waals surface area contributed by atoms with Crippen LogP contribution in [-0.2, 0) is 11.2 Å². The van der Waals surface area contributed by atoms with Crippen LogP contribution in [0.1, 0.15) is 34.3 Å². The first-order valence-corrected chi connectivity index (χ1v) is 10.2. The van der Waals surface area contributed by atoms with Gasteiger partial charge in [-0.3, -0.25) is 4.79 Å². The highest BCUT2D eigenvalue weighted by Gasteiger charge is 2.38. The third-order valence-corrected chi connectivity index (χ3v) is 5.65. The number of hydrogen-bond donors (Lipinski definition) is 2. The first kappa shape index (κ1) is 19.5. The Labute approximate surface area is 184 Å². The molecule has 0 bridgehead atoms. The second-order valence-corrected chi connectivity index (χ2v) is 7.66. The maximum atomic E-state index is 12.6. The number of urea groups is 1. The summed E-state index contributed by atoms with van der Waals surface area (Å²) in [6, 6.07) is 22.1. The van der Waals surface area contributed by atoms with Gasteiger partial charge in [0.25, 0.3) is 5.91 Å². The summed E-state index contributed by atoms with van der Waals surface area (Å²) in [6.45, 7) is -0.0215. The van der Waals surface area contributed by atoms with Crippen molar-refractivity contribution in [3.63, 3.8) is 0 Å². The lowest BCUT2D eigenvalue weighted by molar-refractivity contribution is -0.126. The number of nitrogens with zero attached hydrogens (tertiary/aromatic N) is 3. The average Bonchev–Trinajstić information content (AvgIpc) is 3.42. The monoisotopic (exact) mass is 421 g/mol. The highest BCUT2D eigenvalue weighted by atomic mass is 16.2. The number of carbonyl (C=O) groups excluding carboxylic acids is 2. The standard InChI is InChI=1S/C25H19N5O2/c26-13-17-10-8-16(9-11-17)12-22-27-14-21(29-22)24(30-23(31)15-28-25(30)32)20-7-3-5-18-4-1-2-6-19(18)20/h1-11,14,24H,12,15H2,(H,27,29)(H,28,32). The number of nitriles is 1. The van der Waals surface area contributed by atoms with Crippen molar-refractivity contribution in [2.75, 3.05) is 6.54 Å². The average molecular weight is 421 g/mol. The number of imide groups is 1. The third-order valence-electron chi connectivity index (χ3n) is 5.65. The van der Waals surface area contributed by atoms with Gasteiger partial charge < -0.3 is 10.3 Å². The van der Waals surface area contributed by atoms with Crippen LogP contribution in [0, 0.1) is 11.3 Å². The predicted octanol–water partition coefficient (Wildman–Crippen LogP) is 3.67. The molecule has 1 aromatic heterocycles. The summed E-state index contributed by atoms with van der Waals surface area (Å²) in [6.07, 6.45) is 2.22. The number of aromatic nitrogens is 2. The molecular formula is C25H19N5O2. The fourth-order valence-electron chi connectivity index (χ4n) is 4.13. The fourth-order valence-corrected chi connectivity index (χ4v) is 4.13. The van der Waals surface area contributed by atoms with Gasteiger partial charge in [0.05, 0.1) is 30.1 Å². The van der Waals surface area contributed by atoms with E-state index in [0.717, 1.165) is 21.9 Å². The summed E-state index contributed by atoms with van der Waals surface area (Å²) >= 11 is 0. The van der Waals surface area contributed by atoms with Crippen LogP contribution in [0.25, 0.3) is 10.8 Å². The molecule has 1 aliphatic rings. The minimum atomic E-state index is -0.627. The molecule has 32 heavy (non-hydrogen) atoms. The molecule has 5 rings (SSSR count). The molecule has 0 radical (unpaired) electrons. The Bertz CT molecular complexity index is 1350. The van der Waals surface area contributed by atoms with E-state index >= 15 is 0 Å². The molecule has 0 spiro atoms. The van der Waals surface area contributed by atoms with Crippen LogP contribution in [0.15, 0.2) is 72.9 Å². The van der Waals surface area contributed by atoms with Gasteiger partial charge in [-0.05, 0) is 34.0 Å². The van der Waals surface area contributed by atoms with E-state index in [1.54, 1.807) is 18.3 Å². The number of imidazole rings is 1. The molecule has 156 valence electrons. The third kappa shape index (κ3) is 3.48. The Balaban J connectivity index is 1.56. The summed E-state index contributed by atoms with van der Waals surface area (Å²) in [5.41, 5.74) is 3.11. The molecule has 7 nitrogen and oxygen atoms in total. The molecule has 1 unspecified atom stereocenters. The molecule has 1 saturated heterocycles. The lowest BCUT2D eigenvalue weighted by Gasteiger charge is -2.26. The van der Waals surface area contributed by atoms with Crippen LogP contribution in [0.2, 0.25) is 0 Å². The van der Waals surface area contributed by atoms with Crippen molar-refractivity contribution < 1.29 is 9.59 Å². The summed E-state index contributed by atoms with van der Waals surface area (Å²) in [7, 11) is 0. The maximum absolute atomic E-state index is 12.6. The minimum Gasteiger partial charge on any atom is -0.344 e. The van der Waals surface area contributed by atoms with Crippen molar-refractivity contribution in [3.05, 3.63) is 101 Å². The quantitative estimate of drug-likeness (QED) is 0.480. The van der Waals surface area contributed by atoms with Crippen molar-refractivity contribution in [2.24, 2.45) is 0 Å². The lowest BCUT2D eigenvalue weighted by Crippen LogP contribution is -2.36. The molecule has 0 saturated carbocycles. The topological polar surface area (TPSA) is 102 Å². The van der Waals surface area contributed by atoms with Crippen LogP contribution < -0.4 is 5.32 Å². The van der Waals surface area contributed by atoms with Gasteiger partial charge in [-0.2, -0.15) is 5.26 Å². The first-order valence-electron chi connectivity index (χ1n) is 10.2. The van der Waals surface area contributed by atoms with Crippen molar-refractivity contribution in [3.8, 4) is 6.07 Å². The molecule has 2 heterocycles. The Morgan fingerprint density at radius 2 is 1.81 bits per heavy atom. The van der Waals surface area contributed by atoms with E-state index in [2.05, 4.69) is 21.4 Å². The Morgan fingerprint density at radius 3 is 2.56 bits per heavy atom. The summed E-state index contributed by atoms with van der Waals surface area (Å²) < 4.78 is 0. The molecule has 1 aliphatic heterocycles. The number of carbonyl (C=O) groups is 2. The van der Waals surface area contributed by atoms with E-state index in [4.69, 9.17) is 5.26 Å². The molecule has 3 amide bonds. The van der Waals surface area contributed by atoms with Crippen molar-refractivity contribution in [1.82, 2.24) is 20.2 Å². The Kier molecular flexibility index (Phi) is 4.88. The highest BCUT2D eigenvalue weighted by Crippen LogP contribution is 2.34. The van der Waals surface area contributed by atoms with Gasteiger partial charge in [0.1, 0.15) is 11.9 Å². The molecule has 0 aliphatic carbocycles. The van der Waals surface area contributed by atoms with Crippen molar-refractivity contribution in [1.29, 1.82) is 5.26 Å².